The van der Waals surface area contributed by atoms with E-state index in [0.29, 0.717) is 24.4 Å². The molecule has 2 aliphatic rings. The summed E-state index contributed by atoms with van der Waals surface area (Å²) in [5, 5.41) is 15.9. The van der Waals surface area contributed by atoms with E-state index in [-0.39, 0.29) is 30.7 Å². The fourth-order valence-corrected chi connectivity index (χ4v) is 4.98. The third kappa shape index (κ3) is 4.08. The third-order valence-corrected chi connectivity index (χ3v) is 6.74. The van der Waals surface area contributed by atoms with E-state index in [1.54, 1.807) is 13.2 Å². The van der Waals surface area contributed by atoms with Crippen LogP contribution < -0.4 is 15.4 Å². The van der Waals surface area contributed by atoms with Gasteiger partial charge < -0.3 is 25.3 Å². The first-order valence-corrected chi connectivity index (χ1v) is 11.5. The summed E-state index contributed by atoms with van der Waals surface area (Å²) in [7, 11) is 1.57. The molecule has 2 aliphatic heterocycles. The molecule has 0 spiro atoms. The van der Waals surface area contributed by atoms with E-state index in [2.05, 4.69) is 21.7 Å². The average molecular weight is 472 g/mol. The largest absolute Gasteiger partial charge is 0.496 e. The van der Waals surface area contributed by atoms with E-state index in [0.717, 1.165) is 22.0 Å². The van der Waals surface area contributed by atoms with Gasteiger partial charge in [0.05, 0.1) is 13.2 Å². The first-order chi connectivity index (χ1) is 17.0. The van der Waals surface area contributed by atoms with Crippen LogP contribution in [0.3, 0.4) is 0 Å². The summed E-state index contributed by atoms with van der Waals surface area (Å²) >= 11 is 0. The van der Waals surface area contributed by atoms with Gasteiger partial charge in [-0.2, -0.15) is 5.26 Å². The number of carbonyl (C=O) groups is 3. The summed E-state index contributed by atoms with van der Waals surface area (Å²) in [6, 6.07) is 15.0. The molecule has 3 atom stereocenters. The van der Waals surface area contributed by atoms with Crippen LogP contribution in [0.25, 0.3) is 10.9 Å². The molecule has 9 nitrogen and oxygen atoms in total. The predicted molar refractivity (Wildman–Crippen MR) is 127 cm³/mol. The molecule has 35 heavy (non-hydrogen) atoms. The Balaban J connectivity index is 1.42. The second-order valence-corrected chi connectivity index (χ2v) is 8.84. The third-order valence-electron chi connectivity index (χ3n) is 6.74. The van der Waals surface area contributed by atoms with Crippen molar-refractivity contribution < 1.29 is 19.1 Å². The lowest BCUT2D eigenvalue weighted by Crippen LogP contribution is -2.44. The summed E-state index contributed by atoms with van der Waals surface area (Å²) in [6.45, 7) is 0.838. The van der Waals surface area contributed by atoms with Crippen LogP contribution in [0.2, 0.25) is 0 Å². The van der Waals surface area contributed by atoms with E-state index in [1.165, 1.54) is 4.90 Å². The molecular weight excluding hydrogens is 446 g/mol. The molecular formula is C26H25N5O4. The molecule has 0 saturated carbocycles. The summed E-state index contributed by atoms with van der Waals surface area (Å²) in [4.78, 5) is 43.7. The Kier molecular flexibility index (Phi) is 5.87. The highest BCUT2D eigenvalue weighted by molar-refractivity contribution is 6.02. The molecule has 1 saturated heterocycles. The Labute approximate surface area is 202 Å². The SMILES string of the molecule is COc1cccc2[nH]c(C(=O)N3Cc4ccccc4C3C(=O)N[C@H](C#N)C[C@@H]3CCNC3=O)cc12. The molecule has 9 heteroatoms. The zero-order valence-corrected chi connectivity index (χ0v) is 19.2. The average Bonchev–Trinajstić information content (AvgIpc) is 3.59. The van der Waals surface area contributed by atoms with Gasteiger partial charge in [0.1, 0.15) is 23.5 Å². The summed E-state index contributed by atoms with van der Waals surface area (Å²) in [6.07, 6.45) is 0.867. The van der Waals surface area contributed by atoms with Crippen LogP contribution in [-0.4, -0.2) is 47.3 Å². The molecule has 178 valence electrons. The number of aromatic nitrogens is 1. The Morgan fingerprint density at radius 3 is 2.83 bits per heavy atom. The number of nitriles is 1. The number of methoxy groups -OCH3 is 1. The van der Waals surface area contributed by atoms with E-state index in [4.69, 9.17) is 4.74 Å². The standard InChI is InChI=1S/C26H25N5O4/c1-35-22-8-4-7-20-19(22)12-21(30-20)26(34)31-14-16-5-2-3-6-18(16)23(31)25(33)29-17(13-27)11-15-9-10-28-24(15)32/h2-8,12,15,17,23,30H,9-11,14H2,1H3,(H,28,32)(H,29,33)/t15-,17-,23?/m0/s1. The predicted octanol–water partition coefficient (Wildman–Crippen LogP) is 2.41. The van der Waals surface area contributed by atoms with Gasteiger partial charge in [-0.3, -0.25) is 14.4 Å². The van der Waals surface area contributed by atoms with E-state index in [9.17, 15) is 19.6 Å². The van der Waals surface area contributed by atoms with Crippen molar-refractivity contribution >= 4 is 28.6 Å². The highest BCUT2D eigenvalue weighted by Crippen LogP contribution is 2.36. The first kappa shape index (κ1) is 22.5. The fraction of sp³-hybridized carbons (Fsp3) is 0.308. The first-order valence-electron chi connectivity index (χ1n) is 11.5. The molecule has 1 unspecified atom stereocenters. The maximum absolute atomic E-state index is 13.6. The van der Waals surface area contributed by atoms with Crippen molar-refractivity contribution in [2.45, 2.75) is 31.5 Å². The van der Waals surface area contributed by atoms with Gasteiger partial charge in [0.2, 0.25) is 11.8 Å². The lowest BCUT2D eigenvalue weighted by molar-refractivity contribution is -0.127. The maximum atomic E-state index is 13.6. The molecule has 1 fully saturated rings. The number of rotatable bonds is 6. The number of H-pyrrole nitrogens is 1. The summed E-state index contributed by atoms with van der Waals surface area (Å²) < 4.78 is 5.41. The van der Waals surface area contributed by atoms with E-state index in [1.807, 2.05) is 42.5 Å². The monoisotopic (exact) mass is 471 g/mol. The molecule has 3 amide bonds. The summed E-state index contributed by atoms with van der Waals surface area (Å²) in [5.74, 6) is -0.540. The van der Waals surface area contributed by atoms with E-state index < -0.39 is 18.0 Å². The van der Waals surface area contributed by atoms with Gasteiger partial charge in [0.25, 0.3) is 5.91 Å². The van der Waals surface area contributed by atoms with Crippen LogP contribution in [0, 0.1) is 17.2 Å². The Morgan fingerprint density at radius 1 is 1.26 bits per heavy atom. The number of hydrogen-bond acceptors (Lipinski definition) is 5. The van der Waals surface area contributed by atoms with Gasteiger partial charge in [0.15, 0.2) is 0 Å². The zero-order chi connectivity index (χ0) is 24.5. The van der Waals surface area contributed by atoms with Crippen LogP contribution in [0.4, 0.5) is 0 Å². The maximum Gasteiger partial charge on any atom is 0.271 e. The van der Waals surface area contributed by atoms with Crippen molar-refractivity contribution in [3.8, 4) is 11.8 Å². The number of nitrogens with zero attached hydrogens (tertiary/aromatic N) is 2. The Hall–Kier alpha value is -4.32. The normalized spacial score (nSPS) is 19.7. The minimum absolute atomic E-state index is 0.100. The second-order valence-electron chi connectivity index (χ2n) is 8.84. The zero-order valence-electron chi connectivity index (χ0n) is 19.2. The van der Waals surface area contributed by atoms with Crippen LogP contribution in [0.1, 0.15) is 40.5 Å². The molecule has 0 radical (unpaired) electrons. The number of carbonyl (C=O) groups excluding carboxylic acids is 3. The molecule has 0 bridgehead atoms. The van der Waals surface area contributed by atoms with Gasteiger partial charge in [-0.15, -0.1) is 0 Å². The number of hydrogen-bond donors (Lipinski definition) is 3. The van der Waals surface area contributed by atoms with Gasteiger partial charge in [-0.05, 0) is 42.2 Å². The number of fused-ring (bicyclic) bond motifs is 2. The van der Waals surface area contributed by atoms with Crippen LogP contribution in [0.15, 0.2) is 48.5 Å². The molecule has 3 heterocycles. The number of ether oxygens (including phenoxy) is 1. The number of benzene rings is 2. The molecule has 2 aromatic carbocycles. The molecule has 1 aromatic heterocycles. The highest BCUT2D eigenvalue weighted by atomic mass is 16.5. The van der Waals surface area contributed by atoms with Crippen LogP contribution in [0.5, 0.6) is 5.75 Å². The van der Waals surface area contributed by atoms with Gasteiger partial charge in [-0.1, -0.05) is 30.3 Å². The summed E-state index contributed by atoms with van der Waals surface area (Å²) in [5.41, 5.74) is 2.69. The van der Waals surface area contributed by atoms with Gasteiger partial charge in [0, 0.05) is 29.9 Å². The Morgan fingerprint density at radius 2 is 2.09 bits per heavy atom. The van der Waals surface area contributed by atoms with E-state index >= 15 is 0 Å². The number of amides is 3. The lowest BCUT2D eigenvalue weighted by atomic mass is 9.98. The number of aromatic amines is 1. The van der Waals surface area contributed by atoms with Crippen molar-refractivity contribution in [3.05, 3.63) is 65.4 Å². The quantitative estimate of drug-likeness (QED) is 0.509. The van der Waals surface area contributed by atoms with Crippen molar-refractivity contribution in [2.24, 2.45) is 5.92 Å². The molecule has 3 aromatic rings. The highest BCUT2D eigenvalue weighted by Gasteiger charge is 2.40. The minimum atomic E-state index is -0.889. The van der Waals surface area contributed by atoms with Crippen molar-refractivity contribution in [1.29, 1.82) is 5.26 Å². The minimum Gasteiger partial charge on any atom is -0.496 e. The molecule has 5 rings (SSSR count). The molecule has 3 N–H and O–H groups in total. The smallest absolute Gasteiger partial charge is 0.271 e. The van der Waals surface area contributed by atoms with Crippen molar-refractivity contribution in [1.82, 2.24) is 20.5 Å². The van der Waals surface area contributed by atoms with Crippen LogP contribution >= 0.6 is 0 Å². The van der Waals surface area contributed by atoms with Crippen molar-refractivity contribution in [3.63, 3.8) is 0 Å². The lowest BCUT2D eigenvalue weighted by Gasteiger charge is -2.25. The van der Waals surface area contributed by atoms with Gasteiger partial charge in [-0.25, -0.2) is 0 Å². The second kappa shape index (κ2) is 9.14. The number of nitrogens with one attached hydrogen (secondary N) is 3. The fourth-order valence-electron chi connectivity index (χ4n) is 4.98. The van der Waals surface area contributed by atoms with Crippen LogP contribution in [-0.2, 0) is 16.1 Å². The molecule has 0 aliphatic carbocycles. The van der Waals surface area contributed by atoms with Gasteiger partial charge >= 0.3 is 0 Å². The van der Waals surface area contributed by atoms with Crippen molar-refractivity contribution in [2.75, 3.05) is 13.7 Å². The Bertz CT molecular complexity index is 1360. The topological polar surface area (TPSA) is 127 Å².